The molecule has 1 aliphatic carbocycles. The fraction of sp³-hybridized carbons (Fsp3) is 0.571. The Hall–Kier alpha value is -1.22. The predicted molar refractivity (Wildman–Crippen MR) is 71.7 cm³/mol. The van der Waals surface area contributed by atoms with E-state index in [2.05, 4.69) is 24.1 Å². The van der Waals surface area contributed by atoms with Gasteiger partial charge in [0.25, 0.3) is 0 Å². The van der Waals surface area contributed by atoms with Crippen LogP contribution in [0.25, 0.3) is 0 Å². The molecule has 3 nitrogen and oxygen atoms in total. The van der Waals surface area contributed by atoms with Gasteiger partial charge in [0.05, 0.1) is 7.11 Å². The van der Waals surface area contributed by atoms with E-state index in [0.29, 0.717) is 0 Å². The van der Waals surface area contributed by atoms with Crippen LogP contribution in [0.15, 0.2) is 24.3 Å². The summed E-state index contributed by atoms with van der Waals surface area (Å²) in [6.45, 7) is 1.00. The SMILES string of the molecule is COc1cccc(N(C)CCC2(N)CCC2)c1. The number of nitrogens with zero attached hydrogens (tertiary/aromatic N) is 1. The third kappa shape index (κ3) is 2.91. The minimum absolute atomic E-state index is 0.104. The summed E-state index contributed by atoms with van der Waals surface area (Å²) in [4.78, 5) is 2.25. The fourth-order valence-corrected chi connectivity index (χ4v) is 2.25. The number of anilines is 1. The molecule has 3 heteroatoms. The van der Waals surface area contributed by atoms with Crippen molar-refractivity contribution in [1.82, 2.24) is 0 Å². The zero-order chi connectivity index (χ0) is 12.3. The zero-order valence-corrected chi connectivity index (χ0v) is 10.8. The highest BCUT2D eigenvalue weighted by Crippen LogP contribution is 2.32. The number of nitrogens with two attached hydrogens (primary N) is 1. The number of hydrogen-bond acceptors (Lipinski definition) is 3. The maximum Gasteiger partial charge on any atom is 0.120 e. The van der Waals surface area contributed by atoms with Gasteiger partial charge in [0.2, 0.25) is 0 Å². The number of methoxy groups -OCH3 is 1. The second-order valence-corrected chi connectivity index (χ2v) is 5.09. The van der Waals surface area contributed by atoms with Crippen molar-refractivity contribution < 1.29 is 4.74 Å². The van der Waals surface area contributed by atoms with Crippen molar-refractivity contribution in [3.8, 4) is 5.75 Å². The Morgan fingerprint density at radius 3 is 2.76 bits per heavy atom. The Kier molecular flexibility index (Phi) is 3.57. The van der Waals surface area contributed by atoms with Gasteiger partial charge < -0.3 is 15.4 Å². The fourth-order valence-electron chi connectivity index (χ4n) is 2.25. The Labute approximate surface area is 104 Å². The average Bonchev–Trinajstić information content (AvgIpc) is 2.33. The first-order chi connectivity index (χ1) is 8.13. The van der Waals surface area contributed by atoms with Crippen molar-refractivity contribution in [2.45, 2.75) is 31.2 Å². The molecule has 0 amide bonds. The predicted octanol–water partition coefficient (Wildman–Crippen LogP) is 2.40. The minimum atomic E-state index is 0.104. The highest BCUT2D eigenvalue weighted by atomic mass is 16.5. The second kappa shape index (κ2) is 4.96. The Morgan fingerprint density at radius 1 is 1.41 bits per heavy atom. The van der Waals surface area contributed by atoms with Crippen LogP contribution in [0.4, 0.5) is 5.69 Å². The minimum Gasteiger partial charge on any atom is -0.497 e. The standard InChI is InChI=1S/C14H22N2O/c1-16(10-9-14(15)7-4-8-14)12-5-3-6-13(11-12)17-2/h3,5-6,11H,4,7-10,15H2,1-2H3. The van der Waals surface area contributed by atoms with Crippen LogP contribution in [0, 0.1) is 0 Å². The molecule has 0 atom stereocenters. The smallest absolute Gasteiger partial charge is 0.120 e. The summed E-state index contributed by atoms with van der Waals surface area (Å²) in [5, 5.41) is 0. The summed E-state index contributed by atoms with van der Waals surface area (Å²) < 4.78 is 5.23. The Morgan fingerprint density at radius 2 is 2.18 bits per heavy atom. The molecule has 0 radical (unpaired) electrons. The van der Waals surface area contributed by atoms with Gasteiger partial charge in [-0.15, -0.1) is 0 Å². The van der Waals surface area contributed by atoms with Crippen molar-refractivity contribution >= 4 is 5.69 Å². The van der Waals surface area contributed by atoms with E-state index in [0.717, 1.165) is 18.7 Å². The molecule has 94 valence electrons. The molecule has 0 aromatic heterocycles. The Bertz CT molecular complexity index is 374. The third-order valence-corrected chi connectivity index (χ3v) is 3.79. The van der Waals surface area contributed by atoms with Gasteiger partial charge in [-0.05, 0) is 37.8 Å². The lowest BCUT2D eigenvalue weighted by molar-refractivity contribution is 0.234. The maximum absolute atomic E-state index is 6.23. The summed E-state index contributed by atoms with van der Waals surface area (Å²) in [7, 11) is 3.80. The van der Waals surface area contributed by atoms with Crippen LogP contribution in [0.2, 0.25) is 0 Å². The number of hydrogen-bond donors (Lipinski definition) is 1. The van der Waals surface area contributed by atoms with Gasteiger partial charge in [0.1, 0.15) is 5.75 Å². The molecule has 1 aliphatic rings. The van der Waals surface area contributed by atoms with Crippen LogP contribution in [0.1, 0.15) is 25.7 Å². The lowest BCUT2D eigenvalue weighted by Crippen LogP contribution is -2.48. The van der Waals surface area contributed by atoms with Crippen LogP contribution < -0.4 is 15.4 Å². The van der Waals surface area contributed by atoms with Gasteiger partial charge in [-0.2, -0.15) is 0 Å². The summed E-state index contributed by atoms with van der Waals surface area (Å²) >= 11 is 0. The molecule has 2 N–H and O–H groups in total. The summed E-state index contributed by atoms with van der Waals surface area (Å²) in [6, 6.07) is 8.15. The van der Waals surface area contributed by atoms with E-state index in [1.807, 2.05) is 12.1 Å². The van der Waals surface area contributed by atoms with Crippen molar-refractivity contribution in [3.63, 3.8) is 0 Å². The molecule has 1 aromatic carbocycles. The molecule has 0 spiro atoms. The van der Waals surface area contributed by atoms with E-state index in [1.54, 1.807) is 7.11 Å². The highest BCUT2D eigenvalue weighted by Gasteiger charge is 2.32. The van der Waals surface area contributed by atoms with Crippen LogP contribution in [-0.2, 0) is 0 Å². The first kappa shape index (κ1) is 12.2. The van der Waals surface area contributed by atoms with E-state index in [1.165, 1.54) is 24.9 Å². The number of benzene rings is 1. The number of rotatable bonds is 5. The van der Waals surface area contributed by atoms with Crippen LogP contribution in [-0.4, -0.2) is 26.2 Å². The van der Waals surface area contributed by atoms with Crippen LogP contribution in [0.3, 0.4) is 0 Å². The van der Waals surface area contributed by atoms with Gasteiger partial charge in [-0.1, -0.05) is 6.07 Å². The first-order valence-corrected chi connectivity index (χ1v) is 6.27. The lowest BCUT2D eigenvalue weighted by atomic mass is 9.75. The lowest BCUT2D eigenvalue weighted by Gasteiger charge is -2.39. The number of ether oxygens (including phenoxy) is 1. The van der Waals surface area contributed by atoms with E-state index >= 15 is 0 Å². The van der Waals surface area contributed by atoms with Gasteiger partial charge in [0, 0.05) is 30.9 Å². The molecule has 2 rings (SSSR count). The molecular formula is C14H22N2O. The third-order valence-electron chi connectivity index (χ3n) is 3.79. The maximum atomic E-state index is 6.23. The summed E-state index contributed by atoms with van der Waals surface area (Å²) in [5.74, 6) is 0.903. The molecule has 1 aromatic rings. The molecule has 1 fully saturated rings. The highest BCUT2D eigenvalue weighted by molar-refractivity contribution is 5.50. The molecule has 0 aliphatic heterocycles. The van der Waals surface area contributed by atoms with E-state index in [9.17, 15) is 0 Å². The Balaban J connectivity index is 1.91. The molecule has 0 bridgehead atoms. The quantitative estimate of drug-likeness (QED) is 0.850. The van der Waals surface area contributed by atoms with Gasteiger partial charge in [-0.3, -0.25) is 0 Å². The van der Waals surface area contributed by atoms with Crippen molar-refractivity contribution in [1.29, 1.82) is 0 Å². The van der Waals surface area contributed by atoms with Crippen molar-refractivity contribution in [3.05, 3.63) is 24.3 Å². The molecule has 0 saturated heterocycles. The largest absolute Gasteiger partial charge is 0.497 e. The van der Waals surface area contributed by atoms with E-state index < -0.39 is 0 Å². The molecule has 1 saturated carbocycles. The van der Waals surface area contributed by atoms with E-state index in [4.69, 9.17) is 10.5 Å². The van der Waals surface area contributed by atoms with Gasteiger partial charge in [0.15, 0.2) is 0 Å². The van der Waals surface area contributed by atoms with E-state index in [-0.39, 0.29) is 5.54 Å². The monoisotopic (exact) mass is 234 g/mol. The normalized spacial score (nSPS) is 17.4. The zero-order valence-electron chi connectivity index (χ0n) is 10.8. The second-order valence-electron chi connectivity index (χ2n) is 5.09. The van der Waals surface area contributed by atoms with Crippen molar-refractivity contribution in [2.24, 2.45) is 5.73 Å². The molecule has 0 heterocycles. The van der Waals surface area contributed by atoms with Crippen LogP contribution in [0.5, 0.6) is 5.75 Å². The summed E-state index contributed by atoms with van der Waals surface area (Å²) in [6.07, 6.45) is 4.72. The molecule has 17 heavy (non-hydrogen) atoms. The average molecular weight is 234 g/mol. The first-order valence-electron chi connectivity index (χ1n) is 6.27. The van der Waals surface area contributed by atoms with Crippen molar-refractivity contribution in [2.75, 3.05) is 25.6 Å². The van der Waals surface area contributed by atoms with Crippen LogP contribution >= 0.6 is 0 Å². The summed E-state index contributed by atoms with van der Waals surface area (Å²) in [5.41, 5.74) is 7.53. The molecular weight excluding hydrogens is 212 g/mol. The molecule has 0 unspecified atom stereocenters. The van der Waals surface area contributed by atoms with Gasteiger partial charge >= 0.3 is 0 Å². The topological polar surface area (TPSA) is 38.5 Å². The van der Waals surface area contributed by atoms with Gasteiger partial charge in [-0.25, -0.2) is 0 Å².